The van der Waals surface area contributed by atoms with E-state index >= 15 is 0 Å². The summed E-state index contributed by atoms with van der Waals surface area (Å²) in [5, 5.41) is 25.0. The van der Waals surface area contributed by atoms with Gasteiger partial charge in [-0.1, -0.05) is 85.1 Å². The lowest BCUT2D eigenvalue weighted by atomic mass is 9.89. The van der Waals surface area contributed by atoms with E-state index in [1.165, 1.54) is 38.5 Å². The van der Waals surface area contributed by atoms with Crippen molar-refractivity contribution in [3.8, 4) is 0 Å². The molecular weight excluding hydrogens is 424 g/mol. The highest BCUT2D eigenvalue weighted by Crippen LogP contribution is 2.25. The Hall–Kier alpha value is -2.15. The van der Waals surface area contributed by atoms with Crippen LogP contribution in [0, 0.1) is 11.8 Å². The summed E-state index contributed by atoms with van der Waals surface area (Å²) in [4.78, 5) is 31.6. The van der Waals surface area contributed by atoms with Gasteiger partial charge in [-0.15, -0.1) is 0 Å². The van der Waals surface area contributed by atoms with Crippen molar-refractivity contribution in [2.45, 2.75) is 105 Å². The van der Waals surface area contributed by atoms with E-state index in [2.05, 4.69) is 33.8 Å². The molecule has 0 saturated heterocycles. The van der Waals surface area contributed by atoms with Crippen molar-refractivity contribution in [3.05, 3.63) is 23.8 Å². The largest absolute Gasteiger partial charge is 0.478 e. The van der Waals surface area contributed by atoms with Crippen LogP contribution in [0.15, 0.2) is 23.8 Å². The van der Waals surface area contributed by atoms with Crippen LogP contribution in [0.3, 0.4) is 0 Å². The molecule has 0 aromatic carbocycles. The Morgan fingerprint density at radius 3 is 1.73 bits per heavy atom. The first-order chi connectivity index (χ1) is 15.6. The first-order valence-corrected chi connectivity index (χ1v) is 12.3. The molecule has 3 unspecified atom stereocenters. The van der Waals surface area contributed by atoms with Crippen LogP contribution in [0.2, 0.25) is 0 Å². The van der Waals surface area contributed by atoms with Crippen molar-refractivity contribution >= 4 is 17.9 Å². The minimum absolute atomic E-state index is 0.0783. The van der Waals surface area contributed by atoms with Gasteiger partial charge < -0.3 is 20.1 Å². The van der Waals surface area contributed by atoms with Gasteiger partial charge in [0.05, 0.1) is 6.10 Å². The van der Waals surface area contributed by atoms with Crippen molar-refractivity contribution in [3.63, 3.8) is 0 Å². The van der Waals surface area contributed by atoms with Gasteiger partial charge in [0, 0.05) is 17.7 Å². The minimum atomic E-state index is -1.26. The summed E-state index contributed by atoms with van der Waals surface area (Å²) in [5.74, 6) is -1.56. The molecule has 192 valence electrons. The molecule has 0 amide bonds. The fourth-order valence-corrected chi connectivity index (χ4v) is 3.23. The topological polar surface area (TPSA) is 121 Å². The number of rotatable bonds is 17. The van der Waals surface area contributed by atoms with Gasteiger partial charge in [0.25, 0.3) is 0 Å². The zero-order valence-electron chi connectivity index (χ0n) is 21.2. The van der Waals surface area contributed by atoms with E-state index in [1.54, 1.807) is 6.92 Å². The van der Waals surface area contributed by atoms with E-state index in [1.807, 2.05) is 0 Å². The number of carboxylic acid groups (broad SMARTS) is 2. The average molecular weight is 471 g/mol. The quantitative estimate of drug-likeness (QED) is 0.182. The Kier molecular flexibility index (Phi) is 21.7. The Morgan fingerprint density at radius 1 is 0.848 bits per heavy atom. The molecule has 0 aliphatic heterocycles. The van der Waals surface area contributed by atoms with Crippen LogP contribution < -0.4 is 0 Å². The predicted molar refractivity (Wildman–Crippen MR) is 131 cm³/mol. The smallest absolute Gasteiger partial charge is 0.333 e. The molecule has 0 aliphatic carbocycles. The van der Waals surface area contributed by atoms with Crippen LogP contribution in [-0.4, -0.2) is 45.9 Å². The van der Waals surface area contributed by atoms with Crippen molar-refractivity contribution < 1.29 is 34.4 Å². The molecule has 0 saturated carbocycles. The van der Waals surface area contributed by atoms with Gasteiger partial charge in [-0.05, 0) is 31.6 Å². The summed E-state index contributed by atoms with van der Waals surface area (Å²) < 4.78 is 5.31. The lowest BCUT2D eigenvalue weighted by Crippen LogP contribution is -2.18. The Labute approximate surface area is 199 Å². The van der Waals surface area contributed by atoms with Gasteiger partial charge in [-0.25, -0.2) is 14.4 Å². The molecule has 0 radical (unpaired) electrons. The predicted octanol–water partition coefficient (Wildman–Crippen LogP) is 5.76. The molecule has 33 heavy (non-hydrogen) atoms. The van der Waals surface area contributed by atoms with Crippen LogP contribution in [0.1, 0.15) is 98.8 Å². The second kappa shape index (κ2) is 21.7. The fourth-order valence-electron chi connectivity index (χ4n) is 3.23. The molecule has 3 N–H and O–H groups in total. The molecule has 0 bridgehead atoms. The maximum Gasteiger partial charge on any atom is 0.333 e. The number of carboxylic acids is 2. The summed E-state index contributed by atoms with van der Waals surface area (Å²) in [7, 11) is 0. The van der Waals surface area contributed by atoms with Crippen LogP contribution in [0.5, 0.6) is 0 Å². The Morgan fingerprint density at radius 2 is 1.33 bits per heavy atom. The van der Waals surface area contributed by atoms with Crippen molar-refractivity contribution in [1.82, 2.24) is 0 Å². The molecule has 0 fully saturated rings. The van der Waals surface area contributed by atoms with Crippen molar-refractivity contribution in [2.75, 3.05) is 6.61 Å². The van der Waals surface area contributed by atoms with Crippen LogP contribution >= 0.6 is 0 Å². The van der Waals surface area contributed by atoms with E-state index in [0.29, 0.717) is 24.0 Å². The minimum Gasteiger partial charge on any atom is -0.478 e. The third-order valence-electron chi connectivity index (χ3n) is 5.38. The third kappa shape index (κ3) is 21.5. The van der Waals surface area contributed by atoms with Gasteiger partial charge in [0.2, 0.25) is 0 Å². The monoisotopic (exact) mass is 470 g/mol. The molecule has 0 heterocycles. The number of esters is 1. The molecule has 0 aliphatic rings. The number of hydrogen-bond donors (Lipinski definition) is 3. The number of aliphatic hydroxyl groups excluding tert-OH is 1. The molecule has 0 spiro atoms. The Bertz CT molecular complexity index is 577. The zero-order chi connectivity index (χ0) is 25.6. The second-order valence-electron chi connectivity index (χ2n) is 8.46. The lowest BCUT2D eigenvalue weighted by Gasteiger charge is -2.18. The average Bonchev–Trinajstić information content (AvgIpc) is 2.77. The molecule has 7 nitrogen and oxygen atoms in total. The van der Waals surface area contributed by atoms with Crippen LogP contribution in [-0.2, 0) is 19.1 Å². The summed E-state index contributed by atoms with van der Waals surface area (Å²) in [6, 6.07) is 0. The zero-order valence-corrected chi connectivity index (χ0v) is 21.2. The van der Waals surface area contributed by atoms with Crippen LogP contribution in [0.4, 0.5) is 0 Å². The number of carbonyl (C=O) groups excluding carboxylic acids is 1. The number of unbranched alkanes of at least 4 members (excludes halogenated alkanes) is 2. The number of aliphatic hydroxyl groups is 1. The lowest BCUT2D eigenvalue weighted by molar-refractivity contribution is -0.142. The Balaban J connectivity index is 0. The van der Waals surface area contributed by atoms with Gasteiger partial charge in [-0.2, -0.15) is 0 Å². The molecule has 0 aromatic rings. The van der Waals surface area contributed by atoms with Crippen molar-refractivity contribution in [1.29, 1.82) is 0 Å². The van der Waals surface area contributed by atoms with E-state index in [0.717, 1.165) is 31.3 Å². The molecule has 0 aromatic heterocycles. The van der Waals surface area contributed by atoms with Gasteiger partial charge in [0.15, 0.2) is 0 Å². The second-order valence-corrected chi connectivity index (χ2v) is 8.46. The number of aliphatic carboxylic acids is 2. The maximum absolute atomic E-state index is 12.5. The first kappa shape index (κ1) is 33.0. The first-order valence-electron chi connectivity index (χ1n) is 12.3. The highest BCUT2D eigenvalue weighted by Gasteiger charge is 2.18. The summed E-state index contributed by atoms with van der Waals surface area (Å²) >= 11 is 0. The molecular formula is C26H46O7. The van der Waals surface area contributed by atoms with E-state index in [4.69, 9.17) is 14.9 Å². The summed E-state index contributed by atoms with van der Waals surface area (Å²) in [6.07, 6.45) is 13.9. The molecule has 0 rings (SSSR count). The van der Waals surface area contributed by atoms with E-state index in [-0.39, 0.29) is 12.6 Å². The summed E-state index contributed by atoms with van der Waals surface area (Å²) in [5.41, 5.74) is 0.818. The normalized spacial score (nSPS) is 14.2. The van der Waals surface area contributed by atoms with Gasteiger partial charge in [-0.3, -0.25) is 0 Å². The third-order valence-corrected chi connectivity index (χ3v) is 5.38. The van der Waals surface area contributed by atoms with Gasteiger partial charge in [0.1, 0.15) is 6.61 Å². The number of ether oxygens (including phenoxy) is 1. The highest BCUT2D eigenvalue weighted by atomic mass is 16.5. The summed E-state index contributed by atoms with van der Waals surface area (Å²) in [6.45, 7) is 10.6. The fraction of sp³-hybridized carbons (Fsp3) is 0.731. The number of allylic oxidation sites excluding steroid dienone is 1. The van der Waals surface area contributed by atoms with E-state index < -0.39 is 18.0 Å². The standard InChI is InChI=1S/C22H42O3.C4H4O4/c1-6-10-12-19(8-3)14-15-21(22(24)25-17-18(5)23)16-20(9-4)13-11-7-2;5-3(6)1-2-4(7)8/h15,18-20,23H,6-14,16-17H2,1-5H3;1-2H,(H,5,6)(H,7,8)/b;2-1+. The van der Waals surface area contributed by atoms with E-state index in [9.17, 15) is 19.5 Å². The molecule has 3 atom stereocenters. The van der Waals surface area contributed by atoms with Gasteiger partial charge >= 0.3 is 17.9 Å². The SMILES string of the molecule is CCCCC(CC)CC=C(CC(CC)CCCC)C(=O)OCC(C)O.O=C(O)/C=C/C(=O)O. The van der Waals surface area contributed by atoms with Crippen molar-refractivity contribution in [2.24, 2.45) is 11.8 Å². The highest BCUT2D eigenvalue weighted by molar-refractivity contribution is 5.89. The molecule has 7 heteroatoms. The van der Waals surface area contributed by atoms with Crippen LogP contribution in [0.25, 0.3) is 0 Å². The maximum atomic E-state index is 12.5. The number of hydrogen-bond acceptors (Lipinski definition) is 5. The number of carbonyl (C=O) groups is 3.